The first-order valence-corrected chi connectivity index (χ1v) is 8.61. The Labute approximate surface area is 146 Å². The second-order valence-corrected chi connectivity index (χ2v) is 6.13. The fraction of sp³-hybridized carbons (Fsp3) is 0.625. The zero-order valence-electron chi connectivity index (χ0n) is 14.4. The van der Waals surface area contributed by atoms with Crippen LogP contribution in [0.3, 0.4) is 0 Å². The van der Waals surface area contributed by atoms with Gasteiger partial charge in [0.1, 0.15) is 23.5 Å². The molecule has 2 aliphatic rings. The van der Waals surface area contributed by atoms with E-state index in [1.54, 1.807) is 0 Å². The van der Waals surface area contributed by atoms with Gasteiger partial charge in [-0.05, 0) is 13.3 Å². The van der Waals surface area contributed by atoms with Crippen LogP contribution in [-0.4, -0.2) is 67.2 Å². The van der Waals surface area contributed by atoms with Crippen molar-refractivity contribution in [3.05, 3.63) is 11.9 Å². The molecule has 1 aromatic heterocycles. The van der Waals surface area contributed by atoms with E-state index in [0.29, 0.717) is 45.0 Å². The molecule has 1 aromatic rings. The molecule has 0 bridgehead atoms. The van der Waals surface area contributed by atoms with Crippen LogP contribution in [0.1, 0.15) is 18.7 Å². The Morgan fingerprint density at radius 2 is 2.16 bits per heavy atom. The van der Waals surface area contributed by atoms with Gasteiger partial charge in [-0.3, -0.25) is 9.59 Å². The van der Waals surface area contributed by atoms with Crippen LogP contribution in [0.2, 0.25) is 0 Å². The number of nitrogens with one attached hydrogen (secondary N) is 3. The number of anilines is 2. The van der Waals surface area contributed by atoms with Crippen molar-refractivity contribution in [1.29, 1.82) is 0 Å². The fourth-order valence-electron chi connectivity index (χ4n) is 2.91. The summed E-state index contributed by atoms with van der Waals surface area (Å²) >= 11 is 0. The molecule has 0 saturated carbocycles. The highest BCUT2D eigenvalue weighted by molar-refractivity contribution is 5.90. The van der Waals surface area contributed by atoms with E-state index in [9.17, 15) is 9.59 Å². The van der Waals surface area contributed by atoms with E-state index in [-0.39, 0.29) is 11.8 Å². The minimum atomic E-state index is -0.401. The summed E-state index contributed by atoms with van der Waals surface area (Å²) < 4.78 is 5.37. The van der Waals surface area contributed by atoms with E-state index in [0.717, 1.165) is 24.7 Å². The molecule has 1 unspecified atom stereocenters. The average molecular weight is 348 g/mol. The summed E-state index contributed by atoms with van der Waals surface area (Å²) in [5.74, 6) is 2.11. The van der Waals surface area contributed by atoms with E-state index in [2.05, 4.69) is 30.8 Å². The first kappa shape index (κ1) is 17.4. The lowest BCUT2D eigenvalue weighted by molar-refractivity contribution is -0.125. The standard InChI is InChI=1S/C16H24N6O3/c1-11-19-13(10-14(20-11)22-6-8-25-9-7-22)17-4-5-18-16(24)12-2-3-15(23)21-12/h10,12H,2-9H2,1H3,(H,18,24)(H,21,23)(H,17,19,20). The van der Waals surface area contributed by atoms with E-state index in [4.69, 9.17) is 4.74 Å². The molecule has 0 radical (unpaired) electrons. The van der Waals surface area contributed by atoms with Crippen molar-refractivity contribution in [3.63, 3.8) is 0 Å². The minimum Gasteiger partial charge on any atom is -0.378 e. The molecule has 25 heavy (non-hydrogen) atoms. The highest BCUT2D eigenvalue weighted by atomic mass is 16.5. The number of hydrogen-bond donors (Lipinski definition) is 3. The summed E-state index contributed by atoms with van der Waals surface area (Å²) in [6.07, 6.45) is 0.979. The topological polar surface area (TPSA) is 108 Å². The van der Waals surface area contributed by atoms with Crippen molar-refractivity contribution in [2.75, 3.05) is 49.6 Å². The Morgan fingerprint density at radius 1 is 1.36 bits per heavy atom. The van der Waals surface area contributed by atoms with Crippen molar-refractivity contribution in [1.82, 2.24) is 20.6 Å². The monoisotopic (exact) mass is 348 g/mol. The van der Waals surface area contributed by atoms with Crippen LogP contribution in [0.5, 0.6) is 0 Å². The molecular weight excluding hydrogens is 324 g/mol. The van der Waals surface area contributed by atoms with Crippen LogP contribution in [0, 0.1) is 6.92 Å². The Kier molecular flexibility index (Phi) is 5.64. The second-order valence-electron chi connectivity index (χ2n) is 6.13. The Morgan fingerprint density at radius 3 is 2.88 bits per heavy atom. The molecule has 9 nitrogen and oxygen atoms in total. The number of ether oxygens (including phenoxy) is 1. The zero-order chi connectivity index (χ0) is 17.6. The lowest BCUT2D eigenvalue weighted by Crippen LogP contribution is -2.43. The van der Waals surface area contributed by atoms with Gasteiger partial charge in [0.2, 0.25) is 11.8 Å². The summed E-state index contributed by atoms with van der Waals surface area (Å²) in [4.78, 5) is 34.1. The molecule has 2 amide bonds. The van der Waals surface area contributed by atoms with Gasteiger partial charge in [0.25, 0.3) is 0 Å². The zero-order valence-corrected chi connectivity index (χ0v) is 14.4. The predicted molar refractivity (Wildman–Crippen MR) is 92.5 cm³/mol. The third kappa shape index (κ3) is 4.79. The maximum Gasteiger partial charge on any atom is 0.242 e. The predicted octanol–water partition coefficient (Wildman–Crippen LogP) is -0.572. The number of hydrogen-bond acceptors (Lipinski definition) is 7. The van der Waals surface area contributed by atoms with Gasteiger partial charge in [-0.2, -0.15) is 0 Å². The van der Waals surface area contributed by atoms with Gasteiger partial charge in [0, 0.05) is 38.7 Å². The smallest absolute Gasteiger partial charge is 0.242 e. The highest BCUT2D eigenvalue weighted by Gasteiger charge is 2.26. The first-order chi connectivity index (χ1) is 12.1. The van der Waals surface area contributed by atoms with Gasteiger partial charge < -0.3 is 25.6 Å². The van der Waals surface area contributed by atoms with Crippen molar-refractivity contribution in [2.45, 2.75) is 25.8 Å². The number of carbonyl (C=O) groups excluding carboxylic acids is 2. The summed E-state index contributed by atoms with van der Waals surface area (Å²) in [5, 5.41) is 8.69. The summed E-state index contributed by atoms with van der Waals surface area (Å²) in [6, 6.07) is 1.51. The molecule has 136 valence electrons. The van der Waals surface area contributed by atoms with Crippen LogP contribution < -0.4 is 20.9 Å². The molecule has 1 atom stereocenters. The maximum absolute atomic E-state index is 11.9. The van der Waals surface area contributed by atoms with Gasteiger partial charge in [0.15, 0.2) is 0 Å². The lowest BCUT2D eigenvalue weighted by atomic mass is 10.2. The van der Waals surface area contributed by atoms with Crippen LogP contribution in [0.25, 0.3) is 0 Å². The third-order valence-corrected chi connectivity index (χ3v) is 4.20. The number of morpholine rings is 1. The van der Waals surface area contributed by atoms with Crippen LogP contribution in [0.4, 0.5) is 11.6 Å². The van der Waals surface area contributed by atoms with Gasteiger partial charge in [0.05, 0.1) is 13.2 Å². The van der Waals surface area contributed by atoms with Crippen molar-refractivity contribution < 1.29 is 14.3 Å². The summed E-state index contributed by atoms with van der Waals surface area (Å²) in [7, 11) is 0. The molecule has 2 fully saturated rings. The van der Waals surface area contributed by atoms with E-state index < -0.39 is 6.04 Å². The number of rotatable bonds is 6. The minimum absolute atomic E-state index is 0.0645. The van der Waals surface area contributed by atoms with Gasteiger partial charge in [-0.25, -0.2) is 9.97 Å². The lowest BCUT2D eigenvalue weighted by Gasteiger charge is -2.28. The summed E-state index contributed by atoms with van der Waals surface area (Å²) in [5.41, 5.74) is 0. The summed E-state index contributed by atoms with van der Waals surface area (Å²) in [6.45, 7) is 5.91. The fourth-order valence-corrected chi connectivity index (χ4v) is 2.91. The van der Waals surface area contributed by atoms with Gasteiger partial charge in [-0.1, -0.05) is 0 Å². The molecule has 9 heteroatoms. The van der Waals surface area contributed by atoms with Crippen LogP contribution in [-0.2, 0) is 14.3 Å². The quantitative estimate of drug-likeness (QED) is 0.591. The van der Waals surface area contributed by atoms with Gasteiger partial charge >= 0.3 is 0 Å². The molecule has 2 aliphatic heterocycles. The second kappa shape index (κ2) is 8.11. The van der Waals surface area contributed by atoms with Crippen molar-refractivity contribution >= 4 is 23.5 Å². The molecule has 0 spiro atoms. The van der Waals surface area contributed by atoms with E-state index >= 15 is 0 Å². The highest BCUT2D eigenvalue weighted by Crippen LogP contribution is 2.16. The van der Waals surface area contributed by atoms with E-state index in [1.165, 1.54) is 0 Å². The maximum atomic E-state index is 11.9. The Balaban J connectivity index is 1.47. The van der Waals surface area contributed by atoms with Crippen LogP contribution in [0.15, 0.2) is 6.07 Å². The normalized spacial score (nSPS) is 20.3. The van der Waals surface area contributed by atoms with Crippen molar-refractivity contribution in [3.8, 4) is 0 Å². The SMILES string of the molecule is Cc1nc(NCCNC(=O)C2CCC(=O)N2)cc(N2CCOCC2)n1. The average Bonchev–Trinajstić information content (AvgIpc) is 3.05. The molecular formula is C16H24N6O3. The molecule has 2 saturated heterocycles. The van der Waals surface area contributed by atoms with E-state index in [1.807, 2.05) is 13.0 Å². The third-order valence-electron chi connectivity index (χ3n) is 4.20. The van der Waals surface area contributed by atoms with Gasteiger partial charge in [-0.15, -0.1) is 0 Å². The molecule has 3 N–H and O–H groups in total. The van der Waals surface area contributed by atoms with Crippen molar-refractivity contribution in [2.24, 2.45) is 0 Å². The number of aryl methyl sites for hydroxylation is 1. The number of amides is 2. The molecule has 3 heterocycles. The number of nitrogens with zero attached hydrogens (tertiary/aromatic N) is 3. The largest absolute Gasteiger partial charge is 0.378 e. The molecule has 3 rings (SSSR count). The number of carbonyl (C=O) groups is 2. The first-order valence-electron chi connectivity index (χ1n) is 8.61. The number of aromatic nitrogens is 2. The Bertz CT molecular complexity index is 632. The Hall–Kier alpha value is -2.42. The molecule has 0 aromatic carbocycles. The van der Waals surface area contributed by atoms with Crippen LogP contribution >= 0.6 is 0 Å². The molecule has 0 aliphatic carbocycles.